The van der Waals surface area contributed by atoms with E-state index >= 15 is 0 Å². The molecule has 0 aliphatic rings. The quantitative estimate of drug-likeness (QED) is 0.340. The molecule has 0 heterocycles. The molecule has 3 aromatic carbocycles. The molecule has 0 saturated heterocycles. The SMILES string of the molecule is CCCNC(=O)[C@H](C)N(Cc1ccccc1F)C(=O)CN(c1ccc(C)c(C)c1)S(=O)(=O)c1ccc(Cl)cc1. The first kappa shape index (κ1) is 30.1. The Hall–Kier alpha value is -3.43. The van der Waals surface area contributed by atoms with Crippen LogP contribution in [0.2, 0.25) is 5.02 Å². The Labute approximate surface area is 234 Å². The summed E-state index contributed by atoms with van der Waals surface area (Å²) in [4.78, 5) is 27.9. The second kappa shape index (κ2) is 13.1. The molecule has 0 bridgehead atoms. The molecule has 0 aromatic heterocycles. The van der Waals surface area contributed by atoms with E-state index < -0.39 is 40.2 Å². The molecule has 1 atom stereocenters. The van der Waals surface area contributed by atoms with Gasteiger partial charge in [-0.1, -0.05) is 42.8 Å². The summed E-state index contributed by atoms with van der Waals surface area (Å²) in [5.74, 6) is -1.61. The van der Waals surface area contributed by atoms with Crippen LogP contribution >= 0.6 is 11.6 Å². The summed E-state index contributed by atoms with van der Waals surface area (Å²) in [5, 5.41) is 3.12. The lowest BCUT2D eigenvalue weighted by molar-refractivity contribution is -0.139. The molecule has 1 N–H and O–H groups in total. The smallest absolute Gasteiger partial charge is 0.264 e. The van der Waals surface area contributed by atoms with E-state index in [1.165, 1.54) is 54.3 Å². The lowest BCUT2D eigenvalue weighted by Gasteiger charge is -2.32. The number of aryl methyl sites for hydroxylation is 2. The second-order valence-electron chi connectivity index (χ2n) is 9.31. The predicted molar refractivity (Wildman–Crippen MR) is 152 cm³/mol. The maximum atomic E-state index is 14.6. The molecular formula is C29H33ClFN3O4S. The third-order valence-electron chi connectivity index (χ3n) is 6.47. The highest BCUT2D eigenvalue weighted by molar-refractivity contribution is 7.92. The van der Waals surface area contributed by atoms with Gasteiger partial charge in [0.2, 0.25) is 11.8 Å². The van der Waals surface area contributed by atoms with E-state index in [1.807, 2.05) is 20.8 Å². The lowest BCUT2D eigenvalue weighted by Crippen LogP contribution is -2.51. The van der Waals surface area contributed by atoms with E-state index in [9.17, 15) is 22.4 Å². The molecule has 0 unspecified atom stereocenters. The van der Waals surface area contributed by atoms with E-state index in [0.717, 1.165) is 15.4 Å². The summed E-state index contributed by atoms with van der Waals surface area (Å²) in [6, 6.07) is 15.7. The summed E-state index contributed by atoms with van der Waals surface area (Å²) >= 11 is 5.98. The Kier molecular flexibility index (Phi) is 10.1. The fourth-order valence-corrected chi connectivity index (χ4v) is 5.46. The Balaban J connectivity index is 2.05. The van der Waals surface area contributed by atoms with E-state index in [1.54, 1.807) is 24.3 Å². The van der Waals surface area contributed by atoms with Crippen molar-refractivity contribution in [2.75, 3.05) is 17.4 Å². The number of carbonyl (C=O) groups is 2. The van der Waals surface area contributed by atoms with Gasteiger partial charge < -0.3 is 10.2 Å². The van der Waals surface area contributed by atoms with Gasteiger partial charge in [0, 0.05) is 23.7 Å². The van der Waals surface area contributed by atoms with Crippen molar-refractivity contribution in [3.8, 4) is 0 Å². The Morgan fingerprint density at radius 2 is 1.67 bits per heavy atom. The molecule has 0 fully saturated rings. The highest BCUT2D eigenvalue weighted by Crippen LogP contribution is 2.27. The first-order chi connectivity index (χ1) is 18.4. The maximum absolute atomic E-state index is 14.6. The first-order valence-corrected chi connectivity index (χ1v) is 14.4. The van der Waals surface area contributed by atoms with Crippen molar-refractivity contribution in [2.45, 2.75) is 51.6 Å². The summed E-state index contributed by atoms with van der Waals surface area (Å²) in [6.45, 7) is 6.77. The molecule has 0 spiro atoms. The number of carbonyl (C=O) groups excluding carboxylic acids is 2. The van der Waals surface area contributed by atoms with Crippen LogP contribution in [0.4, 0.5) is 10.1 Å². The number of rotatable bonds is 11. The fraction of sp³-hybridized carbons (Fsp3) is 0.310. The van der Waals surface area contributed by atoms with Crippen molar-refractivity contribution < 1.29 is 22.4 Å². The standard InChI is InChI=1S/C29H33ClFN3O4S/c1-5-16-32-29(36)22(4)33(18-23-8-6-7-9-27(23)31)28(35)19-34(25-13-10-20(2)21(3)17-25)39(37,38)26-14-11-24(30)12-15-26/h6-15,17,22H,5,16,18-19H2,1-4H3,(H,32,36)/t22-/m0/s1. The largest absolute Gasteiger partial charge is 0.354 e. The molecule has 10 heteroatoms. The predicted octanol–water partition coefficient (Wildman–Crippen LogP) is 5.23. The highest BCUT2D eigenvalue weighted by Gasteiger charge is 2.33. The van der Waals surface area contributed by atoms with E-state index in [2.05, 4.69) is 5.32 Å². The third kappa shape index (κ3) is 7.36. The molecule has 0 aliphatic heterocycles. The second-order valence-corrected chi connectivity index (χ2v) is 11.6. The van der Waals surface area contributed by atoms with Gasteiger partial charge in [0.15, 0.2) is 0 Å². The number of hydrogen-bond acceptors (Lipinski definition) is 4. The van der Waals surface area contributed by atoms with Gasteiger partial charge in [-0.2, -0.15) is 0 Å². The third-order valence-corrected chi connectivity index (χ3v) is 8.51. The number of nitrogens with zero attached hydrogens (tertiary/aromatic N) is 2. The summed E-state index contributed by atoms with van der Waals surface area (Å²) < 4.78 is 43.2. The fourth-order valence-electron chi connectivity index (χ4n) is 3.93. The van der Waals surface area contributed by atoms with Crippen molar-refractivity contribution in [3.63, 3.8) is 0 Å². The van der Waals surface area contributed by atoms with Crippen LogP contribution in [0.5, 0.6) is 0 Å². The molecular weight excluding hydrogens is 541 g/mol. The topological polar surface area (TPSA) is 86.8 Å². The average molecular weight is 574 g/mol. The zero-order valence-electron chi connectivity index (χ0n) is 22.4. The number of amides is 2. The summed E-state index contributed by atoms with van der Waals surface area (Å²) in [7, 11) is -4.22. The minimum absolute atomic E-state index is 0.0488. The van der Waals surface area contributed by atoms with Crippen LogP contribution in [-0.4, -0.2) is 44.3 Å². The van der Waals surface area contributed by atoms with Crippen molar-refractivity contribution in [1.82, 2.24) is 10.2 Å². The van der Waals surface area contributed by atoms with Gasteiger partial charge in [-0.25, -0.2) is 12.8 Å². The molecule has 0 saturated carbocycles. The van der Waals surface area contributed by atoms with E-state index in [0.29, 0.717) is 18.0 Å². The summed E-state index contributed by atoms with van der Waals surface area (Å²) in [5.41, 5.74) is 2.29. The molecule has 0 radical (unpaired) electrons. The van der Waals surface area contributed by atoms with Crippen molar-refractivity contribution in [3.05, 3.63) is 94.3 Å². The number of nitrogens with one attached hydrogen (secondary N) is 1. The molecule has 7 nitrogen and oxygen atoms in total. The molecule has 2 amide bonds. The Morgan fingerprint density at radius 3 is 2.28 bits per heavy atom. The molecule has 208 valence electrons. The van der Waals surface area contributed by atoms with Gasteiger partial charge in [0.1, 0.15) is 18.4 Å². The number of benzene rings is 3. The normalized spacial score (nSPS) is 12.1. The van der Waals surface area contributed by atoms with Crippen molar-refractivity contribution in [2.24, 2.45) is 0 Å². The van der Waals surface area contributed by atoms with Crippen molar-refractivity contribution >= 4 is 39.1 Å². The highest BCUT2D eigenvalue weighted by atomic mass is 35.5. The van der Waals surface area contributed by atoms with Gasteiger partial charge in [0.25, 0.3) is 10.0 Å². The van der Waals surface area contributed by atoms with Gasteiger partial charge in [-0.3, -0.25) is 13.9 Å². The van der Waals surface area contributed by atoms with Crippen LogP contribution in [0.1, 0.15) is 37.0 Å². The lowest BCUT2D eigenvalue weighted by atomic mass is 10.1. The van der Waals surface area contributed by atoms with Gasteiger partial charge in [-0.15, -0.1) is 0 Å². The van der Waals surface area contributed by atoms with Crippen LogP contribution in [0.3, 0.4) is 0 Å². The minimum atomic E-state index is -4.22. The Morgan fingerprint density at radius 1 is 1.00 bits per heavy atom. The average Bonchev–Trinajstić information content (AvgIpc) is 2.91. The van der Waals surface area contributed by atoms with Crippen molar-refractivity contribution in [1.29, 1.82) is 0 Å². The minimum Gasteiger partial charge on any atom is -0.354 e. The zero-order chi connectivity index (χ0) is 28.7. The Bertz CT molecular complexity index is 1430. The maximum Gasteiger partial charge on any atom is 0.264 e. The molecule has 3 rings (SSSR count). The van der Waals surface area contributed by atoms with E-state index in [4.69, 9.17) is 11.6 Å². The number of anilines is 1. The van der Waals surface area contributed by atoms with Crippen LogP contribution in [0, 0.1) is 19.7 Å². The monoisotopic (exact) mass is 573 g/mol. The number of sulfonamides is 1. The van der Waals surface area contributed by atoms with Gasteiger partial charge in [-0.05, 0) is 80.8 Å². The molecule has 0 aliphatic carbocycles. The van der Waals surface area contributed by atoms with Crippen LogP contribution in [0.25, 0.3) is 0 Å². The van der Waals surface area contributed by atoms with Crippen LogP contribution < -0.4 is 9.62 Å². The number of hydrogen-bond donors (Lipinski definition) is 1. The first-order valence-electron chi connectivity index (χ1n) is 12.6. The van der Waals surface area contributed by atoms with Gasteiger partial charge >= 0.3 is 0 Å². The van der Waals surface area contributed by atoms with Crippen LogP contribution in [-0.2, 0) is 26.2 Å². The molecule has 3 aromatic rings. The summed E-state index contributed by atoms with van der Waals surface area (Å²) in [6.07, 6.45) is 0.694. The van der Waals surface area contributed by atoms with E-state index in [-0.39, 0.29) is 22.7 Å². The van der Waals surface area contributed by atoms with Gasteiger partial charge in [0.05, 0.1) is 10.6 Å². The molecule has 39 heavy (non-hydrogen) atoms. The zero-order valence-corrected chi connectivity index (χ0v) is 24.0. The van der Waals surface area contributed by atoms with Crippen LogP contribution in [0.15, 0.2) is 71.6 Å². The number of halogens is 2.